The van der Waals surface area contributed by atoms with Crippen LogP contribution in [0.4, 0.5) is 0 Å². The Morgan fingerprint density at radius 3 is 2.62 bits per heavy atom. The van der Waals surface area contributed by atoms with Crippen LogP contribution >= 0.6 is 20.2 Å². The fourth-order valence-corrected chi connectivity index (χ4v) is 3.04. The minimum atomic E-state index is -3.48. The van der Waals surface area contributed by atoms with Crippen LogP contribution in [0.15, 0.2) is 30.3 Å². The van der Waals surface area contributed by atoms with E-state index in [9.17, 15) is 9.46 Å². The Bertz CT molecular complexity index is 356. The lowest BCUT2D eigenvalue weighted by Crippen LogP contribution is -2.01. The first-order chi connectivity index (χ1) is 7.55. The summed E-state index contributed by atoms with van der Waals surface area (Å²) >= 11 is 4.01. The molecule has 1 N–H and O–H groups in total. The van der Waals surface area contributed by atoms with Crippen LogP contribution in [0.1, 0.15) is 25.0 Å². The zero-order valence-corrected chi connectivity index (χ0v) is 11.0. The minimum Gasteiger partial charge on any atom is -0.324 e. The summed E-state index contributed by atoms with van der Waals surface area (Å²) in [6.45, 7) is 1.78. The van der Waals surface area contributed by atoms with Crippen LogP contribution in [0, 0.1) is 0 Å². The molecule has 0 bridgehead atoms. The van der Waals surface area contributed by atoms with E-state index >= 15 is 0 Å². The van der Waals surface area contributed by atoms with Crippen molar-refractivity contribution in [1.82, 2.24) is 0 Å². The molecule has 2 atom stereocenters. The van der Waals surface area contributed by atoms with Crippen molar-refractivity contribution < 1.29 is 14.0 Å². The summed E-state index contributed by atoms with van der Waals surface area (Å²) in [7, 11) is -3.48. The van der Waals surface area contributed by atoms with E-state index < -0.39 is 7.60 Å². The third-order valence-corrected chi connectivity index (χ3v) is 4.03. The van der Waals surface area contributed by atoms with E-state index in [1.54, 1.807) is 6.92 Å². The van der Waals surface area contributed by atoms with Crippen LogP contribution in [0.25, 0.3) is 0 Å². The highest BCUT2D eigenvalue weighted by molar-refractivity contribution is 7.80. The summed E-state index contributed by atoms with van der Waals surface area (Å²) in [6, 6.07) is 9.42. The molecule has 16 heavy (non-hydrogen) atoms. The fourth-order valence-electron chi connectivity index (χ4n) is 1.36. The second-order valence-corrected chi connectivity index (χ2v) is 5.98. The summed E-state index contributed by atoms with van der Waals surface area (Å²) in [5.74, 6) is 0.591. The molecule has 0 spiro atoms. The van der Waals surface area contributed by atoms with Crippen LogP contribution in [0.2, 0.25) is 0 Å². The monoisotopic (exact) mass is 260 g/mol. The molecule has 0 heterocycles. The van der Waals surface area contributed by atoms with Crippen molar-refractivity contribution >= 4 is 20.2 Å². The van der Waals surface area contributed by atoms with E-state index in [4.69, 9.17) is 4.52 Å². The SMILES string of the molecule is CC(OP(=O)(O)CCCS)c1ccccc1. The maximum atomic E-state index is 11.7. The lowest BCUT2D eigenvalue weighted by Gasteiger charge is -2.17. The Morgan fingerprint density at radius 1 is 1.44 bits per heavy atom. The Morgan fingerprint density at radius 2 is 2.06 bits per heavy atom. The molecule has 0 aliphatic heterocycles. The van der Waals surface area contributed by atoms with Gasteiger partial charge < -0.3 is 9.42 Å². The molecule has 90 valence electrons. The third-order valence-electron chi connectivity index (χ3n) is 2.19. The summed E-state index contributed by atoms with van der Waals surface area (Å²) < 4.78 is 16.9. The van der Waals surface area contributed by atoms with Gasteiger partial charge in [-0.2, -0.15) is 12.6 Å². The van der Waals surface area contributed by atoms with Gasteiger partial charge in [-0.25, -0.2) is 0 Å². The van der Waals surface area contributed by atoms with E-state index in [-0.39, 0.29) is 12.3 Å². The van der Waals surface area contributed by atoms with Crippen molar-refractivity contribution in [2.75, 3.05) is 11.9 Å². The summed E-state index contributed by atoms with van der Waals surface area (Å²) in [6.07, 6.45) is 0.378. The van der Waals surface area contributed by atoms with Gasteiger partial charge in [0.1, 0.15) is 0 Å². The van der Waals surface area contributed by atoms with Crippen LogP contribution < -0.4 is 0 Å². The quantitative estimate of drug-likeness (QED) is 0.609. The van der Waals surface area contributed by atoms with Gasteiger partial charge in [-0.3, -0.25) is 4.57 Å². The molecule has 5 heteroatoms. The molecule has 0 amide bonds. The first-order valence-corrected chi connectivity index (χ1v) is 7.61. The first kappa shape index (κ1) is 13.8. The molecule has 0 saturated carbocycles. The lowest BCUT2D eigenvalue weighted by atomic mass is 10.1. The molecular weight excluding hydrogens is 243 g/mol. The van der Waals surface area contributed by atoms with Gasteiger partial charge in [0.2, 0.25) is 0 Å². The Balaban J connectivity index is 2.57. The number of hydrogen-bond donors (Lipinski definition) is 2. The average molecular weight is 260 g/mol. The third kappa shape index (κ3) is 4.71. The average Bonchev–Trinajstić information content (AvgIpc) is 2.27. The van der Waals surface area contributed by atoms with Crippen LogP contribution in [0.3, 0.4) is 0 Å². The largest absolute Gasteiger partial charge is 0.328 e. The lowest BCUT2D eigenvalue weighted by molar-refractivity contribution is 0.192. The smallest absolute Gasteiger partial charge is 0.324 e. The molecular formula is C11H17O3PS. The maximum absolute atomic E-state index is 11.7. The van der Waals surface area contributed by atoms with Gasteiger partial charge in [-0.15, -0.1) is 0 Å². The number of rotatable bonds is 6. The summed E-state index contributed by atoms with van der Waals surface area (Å²) in [5, 5.41) is 0. The van der Waals surface area contributed by atoms with E-state index in [2.05, 4.69) is 12.6 Å². The van der Waals surface area contributed by atoms with Gasteiger partial charge in [0.05, 0.1) is 12.3 Å². The molecule has 0 aliphatic rings. The topological polar surface area (TPSA) is 46.5 Å². The van der Waals surface area contributed by atoms with Gasteiger partial charge in [0.15, 0.2) is 0 Å². The Labute approximate surface area is 102 Å². The predicted octanol–water partition coefficient (Wildman–Crippen LogP) is 3.27. The molecule has 0 aliphatic carbocycles. The van der Waals surface area contributed by atoms with E-state index in [0.717, 1.165) is 5.56 Å². The standard InChI is InChI=1S/C11H17O3PS/c1-10(11-6-3-2-4-7-11)14-15(12,13)8-5-9-16/h2-4,6-7,10,16H,5,8-9H2,1H3,(H,12,13). The molecule has 0 fully saturated rings. The molecule has 0 saturated heterocycles. The minimum absolute atomic E-state index is 0.160. The second kappa shape index (κ2) is 6.45. The Hall–Kier alpha value is -0.280. The van der Waals surface area contributed by atoms with Gasteiger partial charge in [-0.05, 0) is 24.7 Å². The van der Waals surface area contributed by atoms with Crippen LogP contribution in [0.5, 0.6) is 0 Å². The molecule has 1 rings (SSSR count). The molecule has 0 radical (unpaired) electrons. The highest BCUT2D eigenvalue weighted by atomic mass is 32.1. The van der Waals surface area contributed by atoms with E-state index in [1.807, 2.05) is 30.3 Å². The van der Waals surface area contributed by atoms with E-state index in [1.165, 1.54) is 0 Å². The van der Waals surface area contributed by atoms with Crippen molar-refractivity contribution in [2.24, 2.45) is 0 Å². The molecule has 1 aromatic carbocycles. The predicted molar refractivity (Wildman–Crippen MR) is 69.1 cm³/mol. The first-order valence-electron chi connectivity index (χ1n) is 5.21. The molecule has 3 nitrogen and oxygen atoms in total. The number of benzene rings is 1. The zero-order chi connectivity index (χ0) is 12.0. The van der Waals surface area contributed by atoms with Crippen LogP contribution in [-0.2, 0) is 9.09 Å². The van der Waals surface area contributed by atoms with Crippen molar-refractivity contribution in [3.63, 3.8) is 0 Å². The summed E-state index contributed by atoms with van der Waals surface area (Å²) in [4.78, 5) is 9.58. The van der Waals surface area contributed by atoms with Crippen LogP contribution in [-0.4, -0.2) is 16.8 Å². The highest BCUT2D eigenvalue weighted by Crippen LogP contribution is 2.47. The van der Waals surface area contributed by atoms with Gasteiger partial charge >= 0.3 is 7.60 Å². The fraction of sp³-hybridized carbons (Fsp3) is 0.455. The van der Waals surface area contributed by atoms with Crippen molar-refractivity contribution in [3.05, 3.63) is 35.9 Å². The van der Waals surface area contributed by atoms with Gasteiger partial charge in [0, 0.05) is 0 Å². The molecule has 0 aromatic heterocycles. The van der Waals surface area contributed by atoms with E-state index in [0.29, 0.717) is 12.2 Å². The molecule has 2 unspecified atom stereocenters. The zero-order valence-electron chi connectivity index (χ0n) is 9.24. The van der Waals surface area contributed by atoms with Crippen molar-refractivity contribution in [1.29, 1.82) is 0 Å². The molecule has 1 aromatic rings. The normalized spacial score (nSPS) is 16.7. The summed E-state index contributed by atoms with van der Waals surface area (Å²) in [5.41, 5.74) is 0.905. The van der Waals surface area contributed by atoms with Crippen molar-refractivity contribution in [2.45, 2.75) is 19.4 Å². The second-order valence-electron chi connectivity index (χ2n) is 3.60. The number of thiol groups is 1. The highest BCUT2D eigenvalue weighted by Gasteiger charge is 2.22. The van der Waals surface area contributed by atoms with Crippen molar-refractivity contribution in [3.8, 4) is 0 Å². The van der Waals surface area contributed by atoms with Gasteiger partial charge in [0.25, 0.3) is 0 Å². The van der Waals surface area contributed by atoms with Gasteiger partial charge in [-0.1, -0.05) is 30.3 Å². The maximum Gasteiger partial charge on any atom is 0.328 e. The number of hydrogen-bond acceptors (Lipinski definition) is 3. The Kier molecular flexibility index (Phi) is 5.56.